The molecule has 0 bridgehead atoms. The predicted octanol–water partition coefficient (Wildman–Crippen LogP) is 0.333. The quantitative estimate of drug-likeness (QED) is 0.642. The molecule has 1 heterocycles. The molecule has 4 nitrogen and oxygen atoms in total. The van der Waals surface area contributed by atoms with Gasteiger partial charge in [-0.3, -0.25) is 4.90 Å². The van der Waals surface area contributed by atoms with Crippen LogP contribution in [0.3, 0.4) is 0 Å². The van der Waals surface area contributed by atoms with Crippen LogP contribution >= 0.6 is 0 Å². The lowest BCUT2D eigenvalue weighted by Gasteiger charge is -2.03. The highest BCUT2D eigenvalue weighted by atomic mass is 16.6. The standard InChI is InChI=1S/C7H11NO3/c1-2-8-5-6(3-4-9)11-7(8)10/h2,6,9H,1,3-5H2. The van der Waals surface area contributed by atoms with Crippen LogP contribution in [0.1, 0.15) is 6.42 Å². The molecule has 1 rings (SSSR count). The van der Waals surface area contributed by atoms with Crippen LogP contribution in [-0.4, -0.2) is 35.4 Å². The Hall–Kier alpha value is -1.03. The number of nitrogens with zero attached hydrogens (tertiary/aromatic N) is 1. The first-order chi connectivity index (χ1) is 5.27. The number of cyclic esters (lactones) is 1. The van der Waals surface area contributed by atoms with Crippen molar-refractivity contribution in [1.29, 1.82) is 0 Å². The number of amides is 1. The van der Waals surface area contributed by atoms with Crippen molar-refractivity contribution in [3.8, 4) is 0 Å². The van der Waals surface area contributed by atoms with E-state index in [9.17, 15) is 4.79 Å². The number of ether oxygens (including phenoxy) is 1. The lowest BCUT2D eigenvalue weighted by Crippen LogP contribution is -2.18. The first kappa shape index (κ1) is 8.07. The van der Waals surface area contributed by atoms with Gasteiger partial charge in [0.25, 0.3) is 0 Å². The molecule has 4 heteroatoms. The van der Waals surface area contributed by atoms with Crippen molar-refractivity contribution >= 4 is 6.09 Å². The maximum atomic E-state index is 10.8. The van der Waals surface area contributed by atoms with Crippen LogP contribution in [0.2, 0.25) is 0 Å². The Kier molecular flexibility index (Phi) is 2.48. The fraction of sp³-hybridized carbons (Fsp3) is 0.571. The molecule has 1 N–H and O–H groups in total. The van der Waals surface area contributed by atoms with E-state index >= 15 is 0 Å². The van der Waals surface area contributed by atoms with Crippen molar-refractivity contribution in [2.24, 2.45) is 0 Å². The van der Waals surface area contributed by atoms with Gasteiger partial charge in [-0.1, -0.05) is 6.58 Å². The minimum absolute atomic E-state index is 0.0446. The van der Waals surface area contributed by atoms with E-state index in [1.54, 1.807) is 0 Å². The molecule has 0 aromatic heterocycles. The monoisotopic (exact) mass is 157 g/mol. The Morgan fingerprint density at radius 1 is 1.91 bits per heavy atom. The molecule has 1 aliphatic heterocycles. The van der Waals surface area contributed by atoms with E-state index in [-0.39, 0.29) is 18.8 Å². The van der Waals surface area contributed by atoms with E-state index in [0.29, 0.717) is 13.0 Å². The molecule has 0 aromatic carbocycles. The summed E-state index contributed by atoms with van der Waals surface area (Å²) in [6.07, 6.45) is 1.37. The molecule has 62 valence electrons. The normalized spacial score (nSPS) is 23.5. The van der Waals surface area contributed by atoms with Gasteiger partial charge in [-0.15, -0.1) is 0 Å². The van der Waals surface area contributed by atoms with Crippen LogP contribution in [0.4, 0.5) is 4.79 Å². The Morgan fingerprint density at radius 3 is 3.09 bits per heavy atom. The van der Waals surface area contributed by atoms with Crippen LogP contribution in [0, 0.1) is 0 Å². The number of carbonyl (C=O) groups excluding carboxylic acids is 1. The van der Waals surface area contributed by atoms with Crippen molar-refractivity contribution in [2.45, 2.75) is 12.5 Å². The number of carbonyl (C=O) groups is 1. The highest BCUT2D eigenvalue weighted by Gasteiger charge is 2.28. The lowest BCUT2D eigenvalue weighted by atomic mass is 10.3. The third-order valence-corrected chi connectivity index (χ3v) is 1.57. The van der Waals surface area contributed by atoms with E-state index in [0.717, 1.165) is 0 Å². The number of aliphatic hydroxyl groups is 1. The van der Waals surface area contributed by atoms with Crippen molar-refractivity contribution in [2.75, 3.05) is 13.2 Å². The molecule has 0 radical (unpaired) electrons. The van der Waals surface area contributed by atoms with Crippen molar-refractivity contribution in [3.63, 3.8) is 0 Å². The maximum absolute atomic E-state index is 10.8. The van der Waals surface area contributed by atoms with Crippen molar-refractivity contribution in [1.82, 2.24) is 4.90 Å². The Bertz CT molecular complexity index is 169. The maximum Gasteiger partial charge on any atom is 0.414 e. The summed E-state index contributed by atoms with van der Waals surface area (Å²) in [5.74, 6) is 0. The minimum atomic E-state index is -0.376. The van der Waals surface area contributed by atoms with Gasteiger partial charge in [-0.25, -0.2) is 4.79 Å². The van der Waals surface area contributed by atoms with Crippen LogP contribution in [0.5, 0.6) is 0 Å². The molecule has 1 amide bonds. The smallest absolute Gasteiger partial charge is 0.414 e. The number of hydrogen-bond donors (Lipinski definition) is 1. The summed E-state index contributed by atoms with van der Waals surface area (Å²) in [5.41, 5.74) is 0. The molecule has 1 aliphatic rings. The SMILES string of the molecule is C=CN1CC(CCO)OC1=O. The second-order valence-corrected chi connectivity index (χ2v) is 2.35. The fourth-order valence-electron chi connectivity index (χ4n) is 0.985. The van der Waals surface area contributed by atoms with Crippen LogP contribution < -0.4 is 0 Å². The summed E-state index contributed by atoms with van der Waals surface area (Å²) >= 11 is 0. The fourth-order valence-corrected chi connectivity index (χ4v) is 0.985. The summed E-state index contributed by atoms with van der Waals surface area (Å²) < 4.78 is 4.86. The lowest BCUT2D eigenvalue weighted by molar-refractivity contribution is 0.119. The highest BCUT2D eigenvalue weighted by Crippen LogP contribution is 2.13. The van der Waals surface area contributed by atoms with Gasteiger partial charge >= 0.3 is 6.09 Å². The average Bonchev–Trinajstić information content (AvgIpc) is 2.32. The highest BCUT2D eigenvalue weighted by molar-refractivity contribution is 5.70. The number of rotatable bonds is 3. The van der Waals surface area contributed by atoms with Crippen molar-refractivity contribution < 1.29 is 14.6 Å². The van der Waals surface area contributed by atoms with E-state index < -0.39 is 0 Å². The van der Waals surface area contributed by atoms with E-state index in [4.69, 9.17) is 9.84 Å². The number of hydrogen-bond acceptors (Lipinski definition) is 3. The van der Waals surface area contributed by atoms with Gasteiger partial charge in [0.05, 0.1) is 6.54 Å². The zero-order valence-electron chi connectivity index (χ0n) is 6.19. The Balaban J connectivity index is 2.42. The van der Waals surface area contributed by atoms with Gasteiger partial charge in [0.2, 0.25) is 0 Å². The first-order valence-electron chi connectivity index (χ1n) is 3.48. The topological polar surface area (TPSA) is 49.8 Å². The van der Waals surface area contributed by atoms with Gasteiger partial charge in [0, 0.05) is 19.2 Å². The van der Waals surface area contributed by atoms with Crippen LogP contribution in [0.15, 0.2) is 12.8 Å². The molecular formula is C7H11NO3. The molecule has 1 atom stereocenters. The van der Waals surface area contributed by atoms with Crippen LogP contribution in [-0.2, 0) is 4.74 Å². The van der Waals surface area contributed by atoms with E-state index in [2.05, 4.69) is 6.58 Å². The molecule has 0 aromatic rings. The molecule has 0 saturated carbocycles. The summed E-state index contributed by atoms with van der Waals surface area (Å²) in [6.45, 7) is 4.00. The Morgan fingerprint density at radius 2 is 2.64 bits per heavy atom. The van der Waals surface area contributed by atoms with Gasteiger partial charge < -0.3 is 9.84 Å². The van der Waals surface area contributed by atoms with Gasteiger partial charge in [0.15, 0.2) is 0 Å². The second-order valence-electron chi connectivity index (χ2n) is 2.35. The third kappa shape index (κ3) is 1.71. The zero-order chi connectivity index (χ0) is 8.27. The summed E-state index contributed by atoms with van der Waals surface area (Å²) in [4.78, 5) is 12.2. The number of aliphatic hydroxyl groups excluding tert-OH is 1. The molecule has 1 saturated heterocycles. The molecular weight excluding hydrogens is 146 g/mol. The third-order valence-electron chi connectivity index (χ3n) is 1.57. The van der Waals surface area contributed by atoms with Crippen LogP contribution in [0.25, 0.3) is 0 Å². The van der Waals surface area contributed by atoms with E-state index in [1.807, 2.05) is 0 Å². The summed E-state index contributed by atoms with van der Waals surface area (Å²) in [7, 11) is 0. The second kappa shape index (κ2) is 3.39. The predicted molar refractivity (Wildman–Crippen MR) is 38.9 cm³/mol. The van der Waals surface area contributed by atoms with E-state index in [1.165, 1.54) is 11.1 Å². The molecule has 1 fully saturated rings. The minimum Gasteiger partial charge on any atom is -0.444 e. The summed E-state index contributed by atoms with van der Waals surface area (Å²) in [6, 6.07) is 0. The average molecular weight is 157 g/mol. The van der Waals surface area contributed by atoms with Crippen molar-refractivity contribution in [3.05, 3.63) is 12.8 Å². The first-order valence-corrected chi connectivity index (χ1v) is 3.48. The van der Waals surface area contributed by atoms with Gasteiger partial charge in [0.1, 0.15) is 6.10 Å². The molecule has 1 unspecified atom stereocenters. The van der Waals surface area contributed by atoms with Gasteiger partial charge in [-0.05, 0) is 0 Å². The zero-order valence-corrected chi connectivity index (χ0v) is 6.19. The molecule has 11 heavy (non-hydrogen) atoms. The molecule has 0 aliphatic carbocycles. The Labute approximate surface area is 65.1 Å². The molecule has 0 spiro atoms. The largest absolute Gasteiger partial charge is 0.444 e. The summed E-state index contributed by atoms with van der Waals surface area (Å²) in [5, 5.41) is 8.54. The van der Waals surface area contributed by atoms with Gasteiger partial charge in [-0.2, -0.15) is 0 Å².